The van der Waals surface area contributed by atoms with Crippen LogP contribution in [0.4, 0.5) is 5.69 Å². The molecule has 0 saturated carbocycles. The first-order valence-corrected chi connectivity index (χ1v) is 11.7. The molecule has 1 amide bonds. The number of carbonyl (C=O) groups is 1. The van der Waals surface area contributed by atoms with Crippen molar-refractivity contribution in [2.75, 3.05) is 11.9 Å². The molecule has 0 unspecified atom stereocenters. The highest BCUT2D eigenvalue weighted by atomic mass is 79.9. The van der Waals surface area contributed by atoms with Gasteiger partial charge in [0.05, 0.1) is 6.61 Å². The first-order chi connectivity index (χ1) is 16.3. The molecule has 1 N–H and O–H groups in total. The van der Waals surface area contributed by atoms with E-state index in [4.69, 9.17) is 9.47 Å². The third kappa shape index (κ3) is 6.49. The van der Waals surface area contributed by atoms with E-state index in [9.17, 15) is 10.1 Å². The number of benzene rings is 3. The molecule has 0 radical (unpaired) electrons. The largest absolute Gasteiger partial charge is 0.490 e. The van der Waals surface area contributed by atoms with Gasteiger partial charge < -0.3 is 14.8 Å². The summed E-state index contributed by atoms with van der Waals surface area (Å²) in [5.41, 5.74) is 5.67. The van der Waals surface area contributed by atoms with Crippen LogP contribution in [0, 0.1) is 32.1 Å². The second-order valence-corrected chi connectivity index (χ2v) is 8.81. The minimum Gasteiger partial charge on any atom is -0.490 e. The fraction of sp³-hybridized carbons (Fsp3) is 0.214. The van der Waals surface area contributed by atoms with Crippen molar-refractivity contribution in [3.05, 3.63) is 92.5 Å². The molecule has 5 nitrogen and oxygen atoms in total. The van der Waals surface area contributed by atoms with E-state index in [0.717, 1.165) is 22.3 Å². The van der Waals surface area contributed by atoms with Crippen molar-refractivity contribution < 1.29 is 14.3 Å². The number of aryl methyl sites for hydroxylation is 3. The van der Waals surface area contributed by atoms with Crippen LogP contribution in [0.5, 0.6) is 11.5 Å². The van der Waals surface area contributed by atoms with Crippen molar-refractivity contribution in [2.24, 2.45) is 0 Å². The Morgan fingerprint density at radius 2 is 1.79 bits per heavy atom. The number of carbonyl (C=O) groups excluding carboxylic acids is 1. The Bertz CT molecular complexity index is 1280. The predicted octanol–water partition coefficient (Wildman–Crippen LogP) is 6.90. The topological polar surface area (TPSA) is 71.3 Å². The second-order valence-electron chi connectivity index (χ2n) is 7.95. The molecule has 6 heteroatoms. The summed E-state index contributed by atoms with van der Waals surface area (Å²) < 4.78 is 12.5. The zero-order valence-electron chi connectivity index (χ0n) is 19.7. The molecule has 0 saturated heterocycles. The molecule has 0 aliphatic heterocycles. The van der Waals surface area contributed by atoms with Gasteiger partial charge in [-0.25, -0.2) is 0 Å². The van der Waals surface area contributed by atoms with E-state index in [1.54, 1.807) is 12.1 Å². The molecule has 3 aromatic carbocycles. The normalized spacial score (nSPS) is 11.0. The van der Waals surface area contributed by atoms with Crippen LogP contribution in [0.25, 0.3) is 6.08 Å². The lowest BCUT2D eigenvalue weighted by Crippen LogP contribution is -2.13. The number of nitrogens with one attached hydrogen (secondary N) is 1. The lowest BCUT2D eigenvalue weighted by atomic mass is 10.1. The van der Waals surface area contributed by atoms with Crippen LogP contribution in [-0.2, 0) is 11.4 Å². The van der Waals surface area contributed by atoms with Crippen molar-refractivity contribution in [2.45, 2.75) is 34.3 Å². The molecule has 0 aliphatic carbocycles. The van der Waals surface area contributed by atoms with Crippen LogP contribution in [-0.4, -0.2) is 12.5 Å². The molecule has 174 valence electrons. The van der Waals surface area contributed by atoms with E-state index in [1.165, 1.54) is 6.08 Å². The predicted molar refractivity (Wildman–Crippen MR) is 139 cm³/mol. The molecule has 0 fully saturated rings. The van der Waals surface area contributed by atoms with Gasteiger partial charge in [-0.15, -0.1) is 0 Å². The highest BCUT2D eigenvalue weighted by Crippen LogP contribution is 2.35. The first-order valence-electron chi connectivity index (χ1n) is 11.0. The number of ether oxygens (including phenoxy) is 2. The SMILES string of the molecule is CCOc1cc(/C=C(\C#N)C(=O)Nc2ccc(C)c(C)c2)c(Br)cc1OCc1cccc(C)c1. The van der Waals surface area contributed by atoms with Crippen LogP contribution in [0.15, 0.2) is 64.6 Å². The van der Waals surface area contributed by atoms with Crippen LogP contribution >= 0.6 is 15.9 Å². The molecule has 3 rings (SSSR count). The maximum atomic E-state index is 12.7. The van der Waals surface area contributed by atoms with E-state index in [-0.39, 0.29) is 5.57 Å². The Labute approximate surface area is 209 Å². The van der Waals surface area contributed by atoms with E-state index in [1.807, 2.05) is 70.2 Å². The summed E-state index contributed by atoms with van der Waals surface area (Å²) in [5, 5.41) is 12.4. The molecular formula is C28H27BrN2O3. The van der Waals surface area contributed by atoms with Crippen LogP contribution in [0.2, 0.25) is 0 Å². The highest BCUT2D eigenvalue weighted by molar-refractivity contribution is 9.10. The Balaban J connectivity index is 1.85. The summed E-state index contributed by atoms with van der Waals surface area (Å²) >= 11 is 3.54. The average Bonchev–Trinajstić information content (AvgIpc) is 2.80. The van der Waals surface area contributed by atoms with Crippen molar-refractivity contribution in [3.63, 3.8) is 0 Å². The number of nitriles is 1. The smallest absolute Gasteiger partial charge is 0.266 e. The van der Waals surface area contributed by atoms with Gasteiger partial charge in [-0.2, -0.15) is 5.26 Å². The van der Waals surface area contributed by atoms with Gasteiger partial charge >= 0.3 is 0 Å². The molecule has 0 atom stereocenters. The van der Waals surface area contributed by atoms with Gasteiger partial charge in [0.1, 0.15) is 18.2 Å². The van der Waals surface area contributed by atoms with Gasteiger partial charge in [-0.1, -0.05) is 51.8 Å². The third-order valence-electron chi connectivity index (χ3n) is 5.27. The lowest BCUT2D eigenvalue weighted by molar-refractivity contribution is -0.112. The highest BCUT2D eigenvalue weighted by Gasteiger charge is 2.15. The first kappa shape index (κ1) is 25.1. The van der Waals surface area contributed by atoms with E-state index >= 15 is 0 Å². The number of rotatable bonds is 8. The number of anilines is 1. The van der Waals surface area contributed by atoms with E-state index in [0.29, 0.717) is 40.4 Å². The number of hydrogen-bond acceptors (Lipinski definition) is 4. The van der Waals surface area contributed by atoms with Crippen molar-refractivity contribution in [3.8, 4) is 17.6 Å². The Kier molecular flexibility index (Phi) is 8.50. The molecule has 0 bridgehead atoms. The second kappa shape index (κ2) is 11.5. The van der Waals surface area contributed by atoms with Crippen molar-refractivity contribution in [1.29, 1.82) is 5.26 Å². The minimum absolute atomic E-state index is 0.0187. The third-order valence-corrected chi connectivity index (χ3v) is 5.96. The maximum absolute atomic E-state index is 12.7. The van der Waals surface area contributed by atoms with Gasteiger partial charge in [0.2, 0.25) is 0 Å². The summed E-state index contributed by atoms with van der Waals surface area (Å²) in [6.07, 6.45) is 1.54. The lowest BCUT2D eigenvalue weighted by Gasteiger charge is -2.14. The van der Waals surface area contributed by atoms with E-state index < -0.39 is 5.91 Å². The quantitative estimate of drug-likeness (QED) is 0.260. The average molecular weight is 519 g/mol. The summed E-state index contributed by atoms with van der Waals surface area (Å²) in [6.45, 7) is 8.74. The van der Waals surface area contributed by atoms with Gasteiger partial charge in [-0.3, -0.25) is 4.79 Å². The fourth-order valence-electron chi connectivity index (χ4n) is 3.33. The fourth-order valence-corrected chi connectivity index (χ4v) is 3.76. The van der Waals surface area contributed by atoms with Crippen molar-refractivity contribution >= 4 is 33.6 Å². The zero-order valence-corrected chi connectivity index (χ0v) is 21.3. The van der Waals surface area contributed by atoms with Crippen molar-refractivity contribution in [1.82, 2.24) is 0 Å². The van der Waals surface area contributed by atoms with Crippen LogP contribution < -0.4 is 14.8 Å². The molecular weight excluding hydrogens is 492 g/mol. The standard InChI is InChI=1S/C28H27BrN2O3/c1-5-33-26-14-22(25(29)15-27(26)34-17-21-8-6-7-18(2)11-21)13-23(16-30)28(32)31-24-10-9-19(3)20(4)12-24/h6-15H,5,17H2,1-4H3,(H,31,32)/b23-13+. The number of hydrogen-bond donors (Lipinski definition) is 1. The van der Waals surface area contributed by atoms with Gasteiger partial charge in [0.25, 0.3) is 5.91 Å². The number of amides is 1. The van der Waals surface area contributed by atoms with Crippen LogP contribution in [0.1, 0.15) is 34.7 Å². The Morgan fingerprint density at radius 3 is 2.47 bits per heavy atom. The Morgan fingerprint density at radius 1 is 1.03 bits per heavy atom. The molecule has 0 aromatic heterocycles. The molecule has 0 spiro atoms. The molecule has 0 heterocycles. The Hall–Kier alpha value is -3.56. The van der Waals surface area contributed by atoms with Crippen LogP contribution in [0.3, 0.4) is 0 Å². The number of halogens is 1. The summed E-state index contributed by atoms with van der Waals surface area (Å²) in [7, 11) is 0. The van der Waals surface area contributed by atoms with E-state index in [2.05, 4.69) is 27.3 Å². The maximum Gasteiger partial charge on any atom is 0.266 e. The summed E-state index contributed by atoms with van der Waals surface area (Å²) in [4.78, 5) is 12.7. The molecule has 34 heavy (non-hydrogen) atoms. The molecule has 0 aliphatic rings. The monoisotopic (exact) mass is 518 g/mol. The summed E-state index contributed by atoms with van der Waals surface area (Å²) in [5.74, 6) is 0.636. The molecule has 3 aromatic rings. The van der Waals surface area contributed by atoms with Gasteiger partial charge in [0.15, 0.2) is 11.5 Å². The van der Waals surface area contributed by atoms with Gasteiger partial charge in [-0.05, 0) is 80.3 Å². The number of nitrogens with zero attached hydrogens (tertiary/aromatic N) is 1. The zero-order chi connectivity index (χ0) is 24.7. The summed E-state index contributed by atoms with van der Waals surface area (Å²) in [6, 6.07) is 19.3. The van der Waals surface area contributed by atoms with Gasteiger partial charge in [0, 0.05) is 10.2 Å². The minimum atomic E-state index is -0.476.